The van der Waals surface area contributed by atoms with Gasteiger partial charge in [0, 0.05) is 12.4 Å². The van der Waals surface area contributed by atoms with Crippen LogP contribution in [0.1, 0.15) is 18.3 Å². The van der Waals surface area contributed by atoms with Gasteiger partial charge in [0.15, 0.2) is 0 Å². The molecule has 0 radical (unpaired) electrons. The van der Waals surface area contributed by atoms with Crippen molar-refractivity contribution in [3.05, 3.63) is 48.0 Å². The van der Waals surface area contributed by atoms with Crippen molar-refractivity contribution in [2.45, 2.75) is 20.4 Å². The molecule has 19 heavy (non-hydrogen) atoms. The van der Waals surface area contributed by atoms with Gasteiger partial charge in [-0.1, -0.05) is 5.16 Å². The first-order chi connectivity index (χ1) is 9.20. The third-order valence-electron chi connectivity index (χ3n) is 2.95. The van der Waals surface area contributed by atoms with Gasteiger partial charge in [-0.3, -0.25) is 0 Å². The normalized spacial score (nSPS) is 11.6. The van der Waals surface area contributed by atoms with E-state index in [0.717, 1.165) is 23.7 Å². The number of ether oxygens (including phenoxy) is 1. The fraction of sp³-hybridized carbons (Fsp3) is 0.286. The van der Waals surface area contributed by atoms with Gasteiger partial charge in [-0.15, -0.1) is 0 Å². The van der Waals surface area contributed by atoms with Crippen molar-refractivity contribution < 1.29 is 9.94 Å². The Morgan fingerprint density at radius 1 is 1.37 bits per heavy atom. The van der Waals surface area contributed by atoms with Gasteiger partial charge in [-0.25, -0.2) is 4.98 Å². The Morgan fingerprint density at radius 3 is 2.68 bits per heavy atom. The Hall–Kier alpha value is -2.30. The zero-order chi connectivity index (χ0) is 13.7. The predicted octanol–water partition coefficient (Wildman–Crippen LogP) is 2.47. The molecule has 0 aliphatic carbocycles. The number of benzene rings is 1. The Kier molecular flexibility index (Phi) is 4.18. The van der Waals surface area contributed by atoms with E-state index in [1.54, 1.807) is 13.1 Å². The van der Waals surface area contributed by atoms with Crippen LogP contribution in [-0.2, 0) is 6.54 Å². The fourth-order valence-corrected chi connectivity index (χ4v) is 1.75. The third-order valence-corrected chi connectivity index (χ3v) is 2.95. The van der Waals surface area contributed by atoms with Gasteiger partial charge in [0.05, 0.1) is 12.3 Å². The zero-order valence-corrected chi connectivity index (χ0v) is 11.1. The molecule has 1 aromatic carbocycles. The van der Waals surface area contributed by atoms with Crippen LogP contribution in [0.3, 0.4) is 0 Å². The molecule has 0 bridgehead atoms. The standard InChI is InChI=1S/C14H17N3O2/c1-11(16-18)13-3-5-14(6-4-13)19-10-9-17-8-7-15-12(17)2/h3-8,18H,9-10H2,1-2H3. The van der Waals surface area contributed by atoms with Crippen molar-refractivity contribution in [2.24, 2.45) is 5.16 Å². The Morgan fingerprint density at radius 2 is 2.11 bits per heavy atom. The smallest absolute Gasteiger partial charge is 0.119 e. The molecule has 2 aromatic rings. The molecule has 0 atom stereocenters. The maximum absolute atomic E-state index is 8.68. The lowest BCUT2D eigenvalue weighted by Gasteiger charge is -2.08. The second-order valence-corrected chi connectivity index (χ2v) is 4.23. The van der Waals surface area contributed by atoms with Crippen molar-refractivity contribution in [3.8, 4) is 5.75 Å². The summed E-state index contributed by atoms with van der Waals surface area (Å²) < 4.78 is 7.69. The lowest BCUT2D eigenvalue weighted by atomic mass is 10.1. The predicted molar refractivity (Wildman–Crippen MR) is 72.9 cm³/mol. The van der Waals surface area contributed by atoms with Crippen LogP contribution >= 0.6 is 0 Å². The quantitative estimate of drug-likeness (QED) is 0.510. The number of rotatable bonds is 5. The summed E-state index contributed by atoms with van der Waals surface area (Å²) in [5.41, 5.74) is 1.46. The van der Waals surface area contributed by atoms with Gasteiger partial charge in [0.2, 0.25) is 0 Å². The van der Waals surface area contributed by atoms with Gasteiger partial charge in [0.1, 0.15) is 18.2 Å². The fourth-order valence-electron chi connectivity index (χ4n) is 1.75. The highest BCUT2D eigenvalue weighted by Crippen LogP contribution is 2.13. The summed E-state index contributed by atoms with van der Waals surface area (Å²) in [6.07, 6.45) is 3.71. The molecule has 100 valence electrons. The first kappa shape index (κ1) is 13.1. The highest BCUT2D eigenvalue weighted by molar-refractivity contribution is 5.98. The first-order valence-electron chi connectivity index (χ1n) is 6.10. The maximum atomic E-state index is 8.68. The number of aromatic nitrogens is 2. The number of hydrogen-bond donors (Lipinski definition) is 1. The number of aryl methyl sites for hydroxylation is 1. The summed E-state index contributed by atoms with van der Waals surface area (Å²) in [6, 6.07) is 7.47. The van der Waals surface area contributed by atoms with Crippen molar-refractivity contribution in [2.75, 3.05) is 6.61 Å². The second-order valence-electron chi connectivity index (χ2n) is 4.23. The minimum Gasteiger partial charge on any atom is -0.492 e. The summed E-state index contributed by atoms with van der Waals surface area (Å²) in [5, 5.41) is 11.8. The van der Waals surface area contributed by atoms with Crippen LogP contribution in [0.15, 0.2) is 41.8 Å². The van der Waals surface area contributed by atoms with Crippen LogP contribution < -0.4 is 4.74 Å². The maximum Gasteiger partial charge on any atom is 0.119 e. The van der Waals surface area contributed by atoms with Crippen molar-refractivity contribution in [3.63, 3.8) is 0 Å². The molecule has 0 fully saturated rings. The monoisotopic (exact) mass is 259 g/mol. The number of imidazole rings is 1. The van der Waals surface area contributed by atoms with E-state index < -0.39 is 0 Å². The van der Waals surface area contributed by atoms with E-state index >= 15 is 0 Å². The third kappa shape index (κ3) is 3.34. The summed E-state index contributed by atoms with van der Waals surface area (Å²) in [6.45, 7) is 5.07. The lowest BCUT2D eigenvalue weighted by Crippen LogP contribution is -2.08. The van der Waals surface area contributed by atoms with E-state index in [2.05, 4.69) is 10.1 Å². The molecule has 1 heterocycles. The van der Waals surface area contributed by atoms with Gasteiger partial charge in [-0.2, -0.15) is 0 Å². The Labute approximate surface area is 112 Å². The molecule has 0 amide bonds. The van der Waals surface area contributed by atoms with Crippen molar-refractivity contribution >= 4 is 5.71 Å². The number of hydrogen-bond acceptors (Lipinski definition) is 4. The highest BCUT2D eigenvalue weighted by atomic mass is 16.5. The molecule has 0 spiro atoms. The largest absolute Gasteiger partial charge is 0.492 e. The van der Waals surface area contributed by atoms with Crippen LogP contribution in [0, 0.1) is 6.92 Å². The van der Waals surface area contributed by atoms with E-state index in [1.165, 1.54) is 0 Å². The van der Waals surface area contributed by atoms with Crippen LogP contribution in [0.4, 0.5) is 0 Å². The first-order valence-corrected chi connectivity index (χ1v) is 6.10. The van der Waals surface area contributed by atoms with E-state index in [4.69, 9.17) is 9.94 Å². The van der Waals surface area contributed by atoms with Gasteiger partial charge in [0.25, 0.3) is 0 Å². The molecule has 2 rings (SSSR count). The van der Waals surface area contributed by atoms with Gasteiger partial charge >= 0.3 is 0 Å². The molecule has 0 saturated heterocycles. The van der Waals surface area contributed by atoms with Gasteiger partial charge < -0.3 is 14.5 Å². The molecule has 0 saturated carbocycles. The van der Waals surface area contributed by atoms with Crippen LogP contribution in [0.5, 0.6) is 5.75 Å². The summed E-state index contributed by atoms with van der Waals surface area (Å²) in [5.74, 6) is 1.78. The van der Waals surface area contributed by atoms with Crippen molar-refractivity contribution in [1.29, 1.82) is 0 Å². The molecule has 5 nitrogen and oxygen atoms in total. The molecule has 5 heteroatoms. The van der Waals surface area contributed by atoms with Crippen molar-refractivity contribution in [1.82, 2.24) is 9.55 Å². The number of nitrogens with zero attached hydrogens (tertiary/aromatic N) is 3. The minimum absolute atomic E-state index is 0.584. The van der Waals surface area contributed by atoms with Crippen LogP contribution in [-0.4, -0.2) is 27.1 Å². The molecule has 0 aliphatic rings. The summed E-state index contributed by atoms with van der Waals surface area (Å²) in [4.78, 5) is 4.15. The Balaban J connectivity index is 1.88. The van der Waals surface area contributed by atoms with E-state index in [9.17, 15) is 0 Å². The second kappa shape index (κ2) is 6.04. The summed E-state index contributed by atoms with van der Waals surface area (Å²) >= 11 is 0. The molecule has 1 aromatic heterocycles. The average molecular weight is 259 g/mol. The molecule has 1 N–H and O–H groups in total. The topological polar surface area (TPSA) is 59.6 Å². The summed E-state index contributed by atoms with van der Waals surface area (Å²) in [7, 11) is 0. The van der Waals surface area contributed by atoms with E-state index in [0.29, 0.717) is 12.3 Å². The number of oxime groups is 1. The van der Waals surface area contributed by atoms with E-state index in [-0.39, 0.29) is 0 Å². The van der Waals surface area contributed by atoms with E-state index in [1.807, 2.05) is 42.0 Å². The zero-order valence-electron chi connectivity index (χ0n) is 11.1. The molecule has 0 aliphatic heterocycles. The SMILES string of the molecule is CC(=NO)c1ccc(OCCn2ccnc2C)cc1. The van der Waals surface area contributed by atoms with Crippen LogP contribution in [0.25, 0.3) is 0 Å². The lowest BCUT2D eigenvalue weighted by molar-refractivity contribution is 0.297. The molecular formula is C14H17N3O2. The highest BCUT2D eigenvalue weighted by Gasteiger charge is 2.00. The minimum atomic E-state index is 0.584. The average Bonchev–Trinajstić information content (AvgIpc) is 2.84. The molecule has 0 unspecified atom stereocenters. The molecular weight excluding hydrogens is 242 g/mol. The van der Waals surface area contributed by atoms with Gasteiger partial charge in [-0.05, 0) is 43.7 Å². The Bertz CT molecular complexity index is 558. The van der Waals surface area contributed by atoms with Crippen LogP contribution in [0.2, 0.25) is 0 Å².